The molecule has 1 heterocycles. The Balaban J connectivity index is 2.51. The number of amides is 1. The molecule has 0 aromatic heterocycles. The zero-order valence-corrected chi connectivity index (χ0v) is 13.5. The first-order chi connectivity index (χ1) is 9.48. The van der Waals surface area contributed by atoms with E-state index < -0.39 is 34.3 Å². The first-order valence-corrected chi connectivity index (χ1v) is 8.83. The molecule has 21 heavy (non-hydrogen) atoms. The van der Waals surface area contributed by atoms with Gasteiger partial charge in [0.15, 0.2) is 0 Å². The topological polar surface area (TPSA) is 116 Å². The number of carbonyl (C=O) groups excluding carboxylic acids is 1. The Bertz CT molecular complexity index is 383. The number of carbonyl (C=O) groups is 2. The number of carboxylic acids is 1. The highest BCUT2D eigenvalue weighted by molar-refractivity contribution is 8.24. The van der Waals surface area contributed by atoms with Crippen molar-refractivity contribution in [3.8, 4) is 0 Å². The summed E-state index contributed by atoms with van der Waals surface area (Å²) in [6.45, 7) is 5.11. The number of ether oxygens (including phenoxy) is 1. The summed E-state index contributed by atoms with van der Waals surface area (Å²) in [6, 6.07) is -1.02. The molecule has 1 fully saturated rings. The Hall–Kier alpha value is -0.990. The number of hydrogen-bond acceptors (Lipinski definition) is 5. The van der Waals surface area contributed by atoms with Gasteiger partial charge in [-0.05, 0) is 46.0 Å². The normalized spacial score (nSPS) is 22.1. The molecule has 0 aliphatic carbocycles. The van der Waals surface area contributed by atoms with Crippen molar-refractivity contribution >= 4 is 22.7 Å². The van der Waals surface area contributed by atoms with E-state index in [4.69, 9.17) is 4.74 Å². The van der Waals surface area contributed by atoms with Crippen molar-refractivity contribution in [3.05, 3.63) is 0 Å². The van der Waals surface area contributed by atoms with Crippen molar-refractivity contribution in [1.29, 1.82) is 0 Å². The third kappa shape index (κ3) is 7.01. The van der Waals surface area contributed by atoms with Crippen molar-refractivity contribution in [3.63, 3.8) is 0 Å². The Morgan fingerprint density at radius 1 is 1.29 bits per heavy atom. The van der Waals surface area contributed by atoms with E-state index in [1.165, 1.54) is 0 Å². The van der Waals surface area contributed by atoms with E-state index in [0.29, 0.717) is 24.3 Å². The van der Waals surface area contributed by atoms with Crippen molar-refractivity contribution in [2.75, 3.05) is 11.5 Å². The summed E-state index contributed by atoms with van der Waals surface area (Å²) < 4.78 is 24.1. The molecule has 1 saturated heterocycles. The molecule has 0 bridgehead atoms. The molecular weight excluding hydrogens is 298 g/mol. The van der Waals surface area contributed by atoms with Crippen LogP contribution in [-0.4, -0.2) is 49.4 Å². The number of alkyl carbamates (subject to hydrolysis) is 1. The van der Waals surface area contributed by atoms with Crippen LogP contribution in [0.25, 0.3) is 0 Å². The quantitative estimate of drug-likeness (QED) is 0.631. The van der Waals surface area contributed by atoms with Gasteiger partial charge in [0.2, 0.25) is 0 Å². The maximum absolute atomic E-state index is 11.6. The van der Waals surface area contributed by atoms with Gasteiger partial charge in [-0.2, -0.15) is 10.6 Å². The monoisotopic (exact) mass is 323 g/mol. The zero-order chi connectivity index (χ0) is 16.3. The van der Waals surface area contributed by atoms with E-state index in [2.05, 4.69) is 5.32 Å². The minimum Gasteiger partial charge on any atom is -0.480 e. The van der Waals surface area contributed by atoms with E-state index in [9.17, 15) is 23.8 Å². The van der Waals surface area contributed by atoms with Crippen LogP contribution in [0.1, 0.15) is 40.0 Å². The van der Waals surface area contributed by atoms with Gasteiger partial charge >= 0.3 is 12.1 Å². The number of nitrogens with one attached hydrogen (secondary N) is 1. The van der Waals surface area contributed by atoms with Gasteiger partial charge in [-0.3, -0.25) is 9.11 Å². The third-order valence-electron chi connectivity index (χ3n) is 3.26. The van der Waals surface area contributed by atoms with Gasteiger partial charge in [0.05, 0.1) is 0 Å². The SMILES string of the molecule is CC(C)(C)OC(=O)NC(CC1CCS(O)(O)CC1)C(=O)O. The number of rotatable bonds is 4. The van der Waals surface area contributed by atoms with Crippen LogP contribution < -0.4 is 5.32 Å². The molecule has 0 saturated carbocycles. The molecule has 1 rings (SSSR count). The van der Waals surface area contributed by atoms with Crippen molar-refractivity contribution in [1.82, 2.24) is 5.32 Å². The Morgan fingerprint density at radius 2 is 1.81 bits per heavy atom. The average molecular weight is 323 g/mol. The molecule has 7 nitrogen and oxygen atoms in total. The van der Waals surface area contributed by atoms with Crippen LogP contribution in [0.15, 0.2) is 0 Å². The Kier molecular flexibility index (Phi) is 5.89. The summed E-state index contributed by atoms with van der Waals surface area (Å²) in [5.41, 5.74) is -0.686. The second-order valence-corrected chi connectivity index (χ2v) is 8.85. The Labute approximate surface area is 126 Å². The summed E-state index contributed by atoms with van der Waals surface area (Å²) in [5, 5.41) is 11.6. The highest BCUT2D eigenvalue weighted by Crippen LogP contribution is 2.46. The minimum absolute atomic E-state index is 0.0564. The van der Waals surface area contributed by atoms with Crippen molar-refractivity contribution < 1.29 is 28.5 Å². The molecular formula is C13H25NO6S. The second-order valence-electron chi connectivity index (χ2n) is 6.43. The largest absolute Gasteiger partial charge is 0.480 e. The van der Waals surface area contributed by atoms with Crippen LogP contribution in [0, 0.1) is 5.92 Å². The first kappa shape index (κ1) is 18.1. The predicted octanol–water partition coefficient (Wildman–Crippen LogP) is 2.51. The fourth-order valence-electron chi connectivity index (χ4n) is 2.20. The number of carboxylic acid groups (broad SMARTS) is 1. The predicted molar refractivity (Wildman–Crippen MR) is 80.7 cm³/mol. The van der Waals surface area contributed by atoms with Gasteiger partial charge < -0.3 is 15.2 Å². The summed E-state index contributed by atoms with van der Waals surface area (Å²) in [5.74, 6) is -0.452. The number of aliphatic carboxylic acids is 1. The van der Waals surface area contributed by atoms with Gasteiger partial charge in [0.25, 0.3) is 0 Å². The maximum Gasteiger partial charge on any atom is 0.408 e. The van der Waals surface area contributed by atoms with E-state index in [1.54, 1.807) is 20.8 Å². The lowest BCUT2D eigenvalue weighted by molar-refractivity contribution is -0.140. The molecule has 0 aromatic rings. The molecule has 1 aliphatic heterocycles. The minimum atomic E-state index is -2.48. The molecule has 124 valence electrons. The molecule has 1 amide bonds. The molecule has 0 radical (unpaired) electrons. The van der Waals surface area contributed by atoms with Crippen LogP contribution in [0.3, 0.4) is 0 Å². The second kappa shape index (κ2) is 6.85. The molecule has 4 N–H and O–H groups in total. The highest BCUT2D eigenvalue weighted by atomic mass is 32.3. The average Bonchev–Trinajstić information content (AvgIpc) is 2.28. The van der Waals surface area contributed by atoms with Gasteiger partial charge in [0.1, 0.15) is 11.6 Å². The van der Waals surface area contributed by atoms with Gasteiger partial charge in [-0.1, -0.05) is 0 Å². The zero-order valence-electron chi connectivity index (χ0n) is 12.7. The van der Waals surface area contributed by atoms with Crippen LogP contribution in [0.5, 0.6) is 0 Å². The summed E-state index contributed by atoms with van der Waals surface area (Å²) in [7, 11) is -2.48. The van der Waals surface area contributed by atoms with Crippen molar-refractivity contribution in [2.24, 2.45) is 5.92 Å². The van der Waals surface area contributed by atoms with Gasteiger partial charge in [0, 0.05) is 11.5 Å². The third-order valence-corrected chi connectivity index (χ3v) is 5.04. The number of hydrogen-bond donors (Lipinski definition) is 4. The van der Waals surface area contributed by atoms with Gasteiger partial charge in [-0.15, -0.1) is 0 Å². The lowest BCUT2D eigenvalue weighted by atomic mass is 9.94. The molecule has 1 unspecified atom stereocenters. The fourth-order valence-corrected chi connectivity index (χ4v) is 3.82. The molecule has 1 aliphatic rings. The van der Waals surface area contributed by atoms with Crippen LogP contribution in [0.4, 0.5) is 4.79 Å². The fraction of sp³-hybridized carbons (Fsp3) is 0.846. The van der Waals surface area contributed by atoms with E-state index >= 15 is 0 Å². The van der Waals surface area contributed by atoms with E-state index in [0.717, 1.165) is 0 Å². The maximum atomic E-state index is 11.6. The van der Waals surface area contributed by atoms with Gasteiger partial charge in [-0.25, -0.2) is 9.59 Å². The lowest BCUT2D eigenvalue weighted by Gasteiger charge is -2.39. The highest BCUT2D eigenvalue weighted by Gasteiger charge is 2.30. The summed E-state index contributed by atoms with van der Waals surface area (Å²) >= 11 is 0. The summed E-state index contributed by atoms with van der Waals surface area (Å²) in [6.07, 6.45) is 0.629. The molecule has 1 atom stereocenters. The van der Waals surface area contributed by atoms with E-state index in [1.807, 2.05) is 0 Å². The van der Waals surface area contributed by atoms with Crippen LogP contribution >= 0.6 is 10.6 Å². The molecule has 8 heteroatoms. The van der Waals surface area contributed by atoms with Crippen molar-refractivity contribution in [2.45, 2.75) is 51.7 Å². The van der Waals surface area contributed by atoms with Crippen LogP contribution in [0.2, 0.25) is 0 Å². The van der Waals surface area contributed by atoms with E-state index in [-0.39, 0.29) is 12.3 Å². The van der Waals surface area contributed by atoms with Crippen LogP contribution in [-0.2, 0) is 9.53 Å². The molecule has 0 aromatic carbocycles. The lowest BCUT2D eigenvalue weighted by Crippen LogP contribution is -2.44. The Morgan fingerprint density at radius 3 is 2.24 bits per heavy atom. The summed E-state index contributed by atoms with van der Waals surface area (Å²) in [4.78, 5) is 22.9. The standard InChI is InChI=1S/C13H25NO6S/c1-13(2,3)20-12(17)14-10(11(15)16)8-9-4-6-21(18,19)7-5-9/h9-10,18-19H,4-8H2,1-3H3,(H,14,17)(H,15,16). The smallest absolute Gasteiger partial charge is 0.408 e. The first-order valence-electron chi connectivity index (χ1n) is 6.94. The molecule has 0 spiro atoms.